The van der Waals surface area contributed by atoms with Gasteiger partial charge in [-0.05, 0) is 12.8 Å². The van der Waals surface area contributed by atoms with Crippen LogP contribution in [0, 0.1) is 0 Å². The molecule has 2 N–H and O–H groups in total. The van der Waals surface area contributed by atoms with E-state index in [1.807, 2.05) is 11.9 Å². The second kappa shape index (κ2) is 10.2. The number of aliphatic hydroxyl groups excluding tert-OH is 1. The van der Waals surface area contributed by atoms with Crippen LogP contribution in [0.3, 0.4) is 0 Å². The van der Waals surface area contributed by atoms with Gasteiger partial charge < -0.3 is 15.3 Å². The Morgan fingerprint density at radius 3 is 2.30 bits per heavy atom. The summed E-state index contributed by atoms with van der Waals surface area (Å²) < 4.78 is 0. The van der Waals surface area contributed by atoms with Gasteiger partial charge in [-0.15, -0.1) is 0 Å². The Bertz CT molecular complexity index is 271. The first kappa shape index (κ1) is 17.4. The first-order chi connectivity index (χ1) is 9.65. The average molecular weight is 284 g/mol. The quantitative estimate of drug-likeness (QED) is 0.605. The third-order valence-electron chi connectivity index (χ3n) is 4.13. The number of carbonyl (C=O) groups is 1. The number of rotatable bonds is 10. The number of likely N-dealkylation sites (N-methyl/N-ethyl adjacent to an activating group) is 1. The standard InChI is InChI=1S/C16H32N2O2/c1-3-4-5-6-7-8-9-10-11-18(2)16(20)15-12-14(19)13-17-15/h14-15,17,19H,3-13H2,1-2H3/t14-,15+/m1/s1. The number of hydrogen-bond acceptors (Lipinski definition) is 3. The SMILES string of the molecule is CCCCCCCCCCN(C)C(=O)[C@@H]1C[C@@H](O)CN1. The van der Waals surface area contributed by atoms with Crippen molar-refractivity contribution in [2.45, 2.75) is 76.9 Å². The van der Waals surface area contributed by atoms with Crippen LogP contribution in [0.25, 0.3) is 0 Å². The molecule has 1 heterocycles. The minimum Gasteiger partial charge on any atom is -0.392 e. The van der Waals surface area contributed by atoms with E-state index in [0.717, 1.165) is 13.0 Å². The Labute approximate surface area is 123 Å². The predicted octanol–water partition coefficient (Wildman–Crippen LogP) is 2.31. The van der Waals surface area contributed by atoms with Gasteiger partial charge in [-0.2, -0.15) is 0 Å². The van der Waals surface area contributed by atoms with Gasteiger partial charge in [0.15, 0.2) is 0 Å². The van der Waals surface area contributed by atoms with Crippen molar-refractivity contribution in [1.29, 1.82) is 0 Å². The summed E-state index contributed by atoms with van der Waals surface area (Å²) in [5, 5.41) is 12.5. The normalized spacial score (nSPS) is 22.1. The van der Waals surface area contributed by atoms with Crippen molar-refractivity contribution in [3.8, 4) is 0 Å². The second-order valence-electron chi connectivity index (χ2n) is 6.09. The van der Waals surface area contributed by atoms with E-state index < -0.39 is 0 Å². The summed E-state index contributed by atoms with van der Waals surface area (Å²) in [6.07, 6.45) is 10.5. The number of hydrogen-bond donors (Lipinski definition) is 2. The minimum absolute atomic E-state index is 0.129. The summed E-state index contributed by atoms with van der Waals surface area (Å²) in [4.78, 5) is 13.9. The molecule has 0 aromatic heterocycles. The zero-order chi connectivity index (χ0) is 14.8. The topological polar surface area (TPSA) is 52.6 Å². The zero-order valence-electron chi connectivity index (χ0n) is 13.2. The van der Waals surface area contributed by atoms with Gasteiger partial charge in [-0.3, -0.25) is 4.79 Å². The molecule has 4 heteroatoms. The van der Waals surface area contributed by atoms with Crippen molar-refractivity contribution in [3.05, 3.63) is 0 Å². The number of nitrogens with zero attached hydrogens (tertiary/aromatic N) is 1. The lowest BCUT2D eigenvalue weighted by atomic mass is 10.1. The van der Waals surface area contributed by atoms with Crippen LogP contribution in [0.15, 0.2) is 0 Å². The number of carbonyl (C=O) groups excluding carboxylic acids is 1. The molecule has 0 radical (unpaired) electrons. The average Bonchev–Trinajstić information content (AvgIpc) is 2.87. The molecule has 20 heavy (non-hydrogen) atoms. The van der Waals surface area contributed by atoms with Gasteiger partial charge in [0.05, 0.1) is 12.1 Å². The predicted molar refractivity (Wildman–Crippen MR) is 82.7 cm³/mol. The summed E-state index contributed by atoms with van der Waals surface area (Å²) in [6, 6.07) is -0.177. The van der Waals surface area contributed by atoms with E-state index in [9.17, 15) is 9.90 Å². The summed E-state index contributed by atoms with van der Waals surface area (Å²) >= 11 is 0. The molecular formula is C16H32N2O2. The van der Waals surface area contributed by atoms with Crippen molar-refractivity contribution in [2.75, 3.05) is 20.1 Å². The molecule has 0 bridgehead atoms. The molecule has 0 unspecified atom stereocenters. The van der Waals surface area contributed by atoms with Crippen molar-refractivity contribution in [1.82, 2.24) is 10.2 Å². The van der Waals surface area contributed by atoms with E-state index in [0.29, 0.717) is 13.0 Å². The number of unbranched alkanes of at least 4 members (excludes halogenated alkanes) is 7. The Hall–Kier alpha value is -0.610. The summed E-state index contributed by atoms with van der Waals surface area (Å²) in [5.41, 5.74) is 0. The van der Waals surface area contributed by atoms with Crippen LogP contribution in [0.5, 0.6) is 0 Å². The summed E-state index contributed by atoms with van der Waals surface area (Å²) in [5.74, 6) is 0.129. The van der Waals surface area contributed by atoms with Crippen LogP contribution in [-0.4, -0.2) is 48.2 Å². The maximum absolute atomic E-state index is 12.1. The van der Waals surface area contributed by atoms with E-state index in [2.05, 4.69) is 12.2 Å². The lowest BCUT2D eigenvalue weighted by Gasteiger charge is -2.21. The molecule has 0 aromatic rings. The Kier molecular flexibility index (Phi) is 8.86. The number of β-amino-alcohol motifs (C(OH)–C–C–N with tert-alkyl or cyclic N) is 1. The second-order valence-corrected chi connectivity index (χ2v) is 6.09. The van der Waals surface area contributed by atoms with Crippen LogP contribution in [0.4, 0.5) is 0 Å². The molecule has 1 rings (SSSR count). The number of aliphatic hydroxyl groups is 1. The minimum atomic E-state index is -0.361. The van der Waals surface area contributed by atoms with Gasteiger partial charge in [0.25, 0.3) is 0 Å². The first-order valence-corrected chi connectivity index (χ1v) is 8.31. The van der Waals surface area contributed by atoms with Crippen LogP contribution in [0.1, 0.15) is 64.7 Å². The molecule has 4 nitrogen and oxygen atoms in total. The van der Waals surface area contributed by atoms with Crippen LogP contribution < -0.4 is 5.32 Å². The van der Waals surface area contributed by atoms with Gasteiger partial charge in [-0.25, -0.2) is 0 Å². The molecule has 1 aliphatic heterocycles. The molecule has 0 spiro atoms. The fourth-order valence-electron chi connectivity index (χ4n) is 2.76. The molecule has 1 amide bonds. The molecule has 118 valence electrons. The molecule has 1 fully saturated rings. The summed E-state index contributed by atoms with van der Waals surface area (Å²) in [7, 11) is 1.87. The third kappa shape index (κ3) is 6.71. The van der Waals surface area contributed by atoms with Crippen molar-refractivity contribution >= 4 is 5.91 Å². The maximum Gasteiger partial charge on any atom is 0.239 e. The first-order valence-electron chi connectivity index (χ1n) is 8.31. The molecule has 0 saturated carbocycles. The fourth-order valence-corrected chi connectivity index (χ4v) is 2.76. The largest absolute Gasteiger partial charge is 0.392 e. The molecular weight excluding hydrogens is 252 g/mol. The lowest BCUT2D eigenvalue weighted by Crippen LogP contribution is -2.41. The van der Waals surface area contributed by atoms with E-state index in [-0.39, 0.29) is 18.1 Å². The molecule has 1 saturated heterocycles. The van der Waals surface area contributed by atoms with Crippen molar-refractivity contribution in [3.63, 3.8) is 0 Å². The van der Waals surface area contributed by atoms with Crippen LogP contribution in [-0.2, 0) is 4.79 Å². The third-order valence-corrected chi connectivity index (χ3v) is 4.13. The van der Waals surface area contributed by atoms with Crippen molar-refractivity contribution < 1.29 is 9.90 Å². The Morgan fingerprint density at radius 2 is 1.75 bits per heavy atom. The van der Waals surface area contributed by atoms with Crippen LogP contribution >= 0.6 is 0 Å². The zero-order valence-corrected chi connectivity index (χ0v) is 13.2. The number of amides is 1. The van der Waals surface area contributed by atoms with Gasteiger partial charge in [0, 0.05) is 20.1 Å². The lowest BCUT2D eigenvalue weighted by molar-refractivity contribution is -0.132. The highest BCUT2D eigenvalue weighted by Crippen LogP contribution is 2.11. The molecule has 0 aromatic carbocycles. The summed E-state index contributed by atoms with van der Waals surface area (Å²) in [6.45, 7) is 3.62. The maximum atomic E-state index is 12.1. The molecule has 1 aliphatic rings. The van der Waals surface area contributed by atoms with Crippen molar-refractivity contribution in [2.24, 2.45) is 0 Å². The van der Waals surface area contributed by atoms with Crippen LogP contribution in [0.2, 0.25) is 0 Å². The molecule has 0 aliphatic carbocycles. The monoisotopic (exact) mass is 284 g/mol. The van der Waals surface area contributed by atoms with Gasteiger partial charge in [0.2, 0.25) is 5.91 Å². The highest BCUT2D eigenvalue weighted by atomic mass is 16.3. The van der Waals surface area contributed by atoms with E-state index in [1.165, 1.54) is 44.9 Å². The van der Waals surface area contributed by atoms with Gasteiger partial charge >= 0.3 is 0 Å². The van der Waals surface area contributed by atoms with E-state index in [4.69, 9.17) is 0 Å². The Morgan fingerprint density at radius 1 is 1.15 bits per heavy atom. The fraction of sp³-hybridized carbons (Fsp3) is 0.938. The van der Waals surface area contributed by atoms with E-state index >= 15 is 0 Å². The highest BCUT2D eigenvalue weighted by Gasteiger charge is 2.29. The van der Waals surface area contributed by atoms with Gasteiger partial charge in [0.1, 0.15) is 0 Å². The Balaban J connectivity index is 1.99. The van der Waals surface area contributed by atoms with E-state index in [1.54, 1.807) is 0 Å². The van der Waals surface area contributed by atoms with Gasteiger partial charge in [-0.1, -0.05) is 51.9 Å². The highest BCUT2D eigenvalue weighted by molar-refractivity contribution is 5.82. The number of nitrogens with one attached hydrogen (secondary N) is 1. The smallest absolute Gasteiger partial charge is 0.239 e. The molecule has 2 atom stereocenters.